The van der Waals surface area contributed by atoms with Gasteiger partial charge in [0.05, 0.1) is 17.8 Å². The summed E-state index contributed by atoms with van der Waals surface area (Å²) in [5.41, 5.74) is 3.43. The molecule has 0 atom stereocenters. The largest absolute Gasteiger partial charge is 0.366 e. The number of thioether (sulfide) groups is 1. The first-order chi connectivity index (χ1) is 11.9. The summed E-state index contributed by atoms with van der Waals surface area (Å²) in [4.78, 5) is 19.8. The monoisotopic (exact) mass is 358 g/mol. The van der Waals surface area contributed by atoms with Gasteiger partial charge in [0.15, 0.2) is 5.78 Å². The van der Waals surface area contributed by atoms with E-state index in [1.165, 1.54) is 23.9 Å². The maximum Gasteiger partial charge on any atom is 0.173 e. The quantitative estimate of drug-likeness (QED) is 0.301. The van der Waals surface area contributed by atoms with Gasteiger partial charge in [-0.1, -0.05) is 6.07 Å². The second-order valence-corrected chi connectivity index (χ2v) is 6.99. The van der Waals surface area contributed by atoms with Gasteiger partial charge in [0.1, 0.15) is 5.82 Å². The highest BCUT2D eigenvalue weighted by atomic mass is 32.2. The van der Waals surface area contributed by atoms with Crippen molar-refractivity contribution in [1.29, 1.82) is 0 Å². The maximum atomic E-state index is 13.2. The molecule has 25 heavy (non-hydrogen) atoms. The first-order valence-corrected chi connectivity index (χ1v) is 9.16. The molecule has 0 aliphatic rings. The molecule has 0 amide bonds. The summed E-state index contributed by atoms with van der Waals surface area (Å²) in [7, 11) is 1.97. The lowest BCUT2D eigenvalue weighted by Gasteiger charge is -2.11. The first-order valence-electron chi connectivity index (χ1n) is 8.18. The van der Waals surface area contributed by atoms with Crippen molar-refractivity contribution in [3.63, 3.8) is 0 Å². The summed E-state index contributed by atoms with van der Waals surface area (Å²) in [5, 5.41) is 0. The van der Waals surface area contributed by atoms with E-state index in [-0.39, 0.29) is 17.4 Å². The van der Waals surface area contributed by atoms with Crippen LogP contribution in [0.4, 0.5) is 10.1 Å². The van der Waals surface area contributed by atoms with Crippen molar-refractivity contribution in [2.24, 2.45) is 4.99 Å². The Morgan fingerprint density at radius 2 is 2.00 bits per heavy atom. The highest BCUT2D eigenvalue weighted by Gasteiger charge is 2.12. The lowest BCUT2D eigenvalue weighted by atomic mass is 10.0. The number of benzene rings is 2. The smallest absolute Gasteiger partial charge is 0.173 e. The van der Waals surface area contributed by atoms with E-state index >= 15 is 0 Å². The Hall–Kier alpha value is -2.14. The predicted molar refractivity (Wildman–Crippen MR) is 104 cm³/mol. The fourth-order valence-electron chi connectivity index (χ4n) is 2.27. The van der Waals surface area contributed by atoms with Gasteiger partial charge < -0.3 is 4.90 Å². The zero-order chi connectivity index (χ0) is 18.4. The number of Topliss-reactive ketones (excluding diaryl/α,β-unsaturated/α-hetero) is 1. The van der Waals surface area contributed by atoms with E-state index in [4.69, 9.17) is 0 Å². The molecule has 2 aromatic rings. The summed E-state index contributed by atoms with van der Waals surface area (Å²) < 4.78 is 13.2. The van der Waals surface area contributed by atoms with Crippen LogP contribution in [-0.2, 0) is 0 Å². The van der Waals surface area contributed by atoms with Crippen molar-refractivity contribution >= 4 is 29.6 Å². The first kappa shape index (κ1) is 19.2. The molecule has 5 heteroatoms. The predicted octanol–water partition coefficient (Wildman–Crippen LogP) is 5.03. The fraction of sp³-hybridized carbons (Fsp3) is 0.300. The highest BCUT2D eigenvalue weighted by Crippen LogP contribution is 2.26. The van der Waals surface area contributed by atoms with Crippen LogP contribution in [0.5, 0.6) is 0 Å². The summed E-state index contributed by atoms with van der Waals surface area (Å²) in [6.45, 7) is 6.81. The molecule has 0 aliphatic heterocycles. The second kappa shape index (κ2) is 8.81. The molecule has 0 bridgehead atoms. The van der Waals surface area contributed by atoms with E-state index in [1.807, 2.05) is 37.9 Å². The fourth-order valence-corrected chi connectivity index (χ4v) is 3.09. The Kier molecular flexibility index (Phi) is 6.76. The molecule has 0 spiro atoms. The third-order valence-corrected chi connectivity index (χ3v) is 4.90. The molecular weight excluding hydrogens is 335 g/mol. The van der Waals surface area contributed by atoms with Crippen molar-refractivity contribution in [2.45, 2.75) is 25.7 Å². The van der Waals surface area contributed by atoms with Crippen LogP contribution < -0.4 is 0 Å². The van der Waals surface area contributed by atoms with Crippen LogP contribution in [0, 0.1) is 19.7 Å². The average molecular weight is 358 g/mol. The van der Waals surface area contributed by atoms with E-state index in [0.29, 0.717) is 5.56 Å². The number of halogens is 1. The van der Waals surface area contributed by atoms with Crippen LogP contribution in [0.1, 0.15) is 28.4 Å². The van der Waals surface area contributed by atoms with Gasteiger partial charge >= 0.3 is 0 Å². The van der Waals surface area contributed by atoms with Crippen molar-refractivity contribution in [1.82, 2.24) is 4.90 Å². The van der Waals surface area contributed by atoms with Gasteiger partial charge in [0.2, 0.25) is 0 Å². The van der Waals surface area contributed by atoms with Crippen LogP contribution in [0.25, 0.3) is 0 Å². The van der Waals surface area contributed by atoms with Crippen LogP contribution in [0.2, 0.25) is 0 Å². The number of nitrogens with zero attached hydrogens (tertiary/aromatic N) is 2. The lowest BCUT2D eigenvalue weighted by Crippen LogP contribution is -2.14. The second-order valence-electron chi connectivity index (χ2n) is 5.94. The number of aliphatic imine (C=N–C) groups is 1. The van der Waals surface area contributed by atoms with Gasteiger partial charge in [-0.15, -0.1) is 11.8 Å². The topological polar surface area (TPSA) is 32.7 Å². The number of aryl methyl sites for hydroxylation is 2. The molecule has 0 unspecified atom stereocenters. The molecule has 2 aromatic carbocycles. The van der Waals surface area contributed by atoms with Crippen molar-refractivity contribution < 1.29 is 9.18 Å². The Balaban J connectivity index is 2.12. The Bertz CT molecular complexity index is 789. The standard InChI is InChI=1S/C20H23FN2OS/c1-5-23(4)13-22-19-10-14(2)18(9-15(19)3)20(24)12-25-17-8-6-7-16(21)11-17/h6-11,13H,5,12H2,1-4H3. The summed E-state index contributed by atoms with van der Waals surface area (Å²) >= 11 is 1.35. The van der Waals surface area contributed by atoms with E-state index in [1.54, 1.807) is 18.5 Å². The normalized spacial score (nSPS) is 11.1. The molecule has 0 saturated heterocycles. The van der Waals surface area contributed by atoms with E-state index in [9.17, 15) is 9.18 Å². The zero-order valence-electron chi connectivity index (χ0n) is 15.0. The van der Waals surface area contributed by atoms with Gasteiger partial charge in [-0.2, -0.15) is 0 Å². The molecule has 3 nitrogen and oxygen atoms in total. The highest BCUT2D eigenvalue weighted by molar-refractivity contribution is 8.00. The minimum absolute atomic E-state index is 0.0380. The van der Waals surface area contributed by atoms with Crippen molar-refractivity contribution in [3.8, 4) is 0 Å². The van der Waals surface area contributed by atoms with E-state index in [2.05, 4.69) is 11.9 Å². The van der Waals surface area contributed by atoms with Crippen molar-refractivity contribution in [2.75, 3.05) is 19.3 Å². The van der Waals surface area contributed by atoms with Crippen LogP contribution in [-0.4, -0.2) is 36.4 Å². The Morgan fingerprint density at radius 3 is 2.68 bits per heavy atom. The van der Waals surface area contributed by atoms with Gasteiger partial charge in [0.25, 0.3) is 0 Å². The van der Waals surface area contributed by atoms with Gasteiger partial charge in [0, 0.05) is 24.1 Å². The number of hydrogen-bond acceptors (Lipinski definition) is 3. The average Bonchev–Trinajstić information content (AvgIpc) is 2.59. The van der Waals surface area contributed by atoms with E-state index < -0.39 is 0 Å². The van der Waals surface area contributed by atoms with Gasteiger partial charge in [-0.25, -0.2) is 9.38 Å². The number of hydrogen-bond donors (Lipinski definition) is 0. The Morgan fingerprint density at radius 1 is 1.24 bits per heavy atom. The molecule has 0 saturated carbocycles. The molecule has 0 N–H and O–H groups in total. The van der Waals surface area contributed by atoms with Crippen LogP contribution >= 0.6 is 11.8 Å². The zero-order valence-corrected chi connectivity index (χ0v) is 15.9. The van der Waals surface area contributed by atoms with Gasteiger partial charge in [-0.05, 0) is 62.2 Å². The maximum absolute atomic E-state index is 13.2. The van der Waals surface area contributed by atoms with Crippen molar-refractivity contribution in [3.05, 3.63) is 58.9 Å². The van der Waals surface area contributed by atoms with E-state index in [0.717, 1.165) is 28.3 Å². The third kappa shape index (κ3) is 5.43. The number of carbonyl (C=O) groups is 1. The Labute approximate surface area is 153 Å². The van der Waals surface area contributed by atoms with Crippen LogP contribution in [0.15, 0.2) is 46.3 Å². The molecule has 132 valence electrons. The molecule has 0 fully saturated rings. The summed E-state index contributed by atoms with van der Waals surface area (Å²) in [5.74, 6) is 0.0325. The molecule has 0 aliphatic carbocycles. The third-order valence-electron chi connectivity index (χ3n) is 3.90. The van der Waals surface area contributed by atoms with Gasteiger partial charge in [-0.3, -0.25) is 4.79 Å². The summed E-state index contributed by atoms with van der Waals surface area (Å²) in [6.07, 6.45) is 1.79. The molecular formula is C20H23FN2OS. The minimum atomic E-state index is -0.288. The summed E-state index contributed by atoms with van der Waals surface area (Å²) in [6, 6.07) is 10.1. The SMILES string of the molecule is CCN(C)C=Nc1cc(C)c(C(=O)CSc2cccc(F)c2)cc1C. The number of rotatable bonds is 7. The lowest BCUT2D eigenvalue weighted by molar-refractivity contribution is 0.102. The van der Waals surface area contributed by atoms with Crippen LogP contribution in [0.3, 0.4) is 0 Å². The molecule has 2 rings (SSSR count). The molecule has 0 aromatic heterocycles. The molecule has 0 heterocycles. The molecule has 0 radical (unpaired) electrons. The minimum Gasteiger partial charge on any atom is -0.366 e. The number of ketones is 1. The number of carbonyl (C=O) groups excluding carboxylic acids is 1.